The fraction of sp³-hybridized carbons (Fsp3) is 0.879. The van der Waals surface area contributed by atoms with Crippen LogP contribution in [0.15, 0.2) is 24.3 Å². The van der Waals surface area contributed by atoms with Crippen LogP contribution in [0, 0.1) is 0 Å². The van der Waals surface area contributed by atoms with Crippen LogP contribution in [0.2, 0.25) is 0 Å². The third-order valence-electron chi connectivity index (χ3n) is 7.02. The summed E-state index contributed by atoms with van der Waals surface area (Å²) in [6, 6.07) is 0. The highest BCUT2D eigenvalue weighted by atomic mass is 14.0. The normalized spacial score (nSPS) is 11.9. The van der Waals surface area contributed by atoms with Crippen molar-refractivity contribution in [2.45, 2.75) is 187 Å². The van der Waals surface area contributed by atoms with E-state index in [0.717, 1.165) is 0 Å². The molecule has 0 aromatic carbocycles. The molecule has 0 fully saturated rings. The molecule has 0 spiro atoms. The molecule has 0 N–H and O–H groups in total. The molecule has 0 heterocycles. The van der Waals surface area contributed by atoms with Crippen molar-refractivity contribution in [2.24, 2.45) is 0 Å². The highest BCUT2D eigenvalue weighted by molar-refractivity contribution is 4.81. The van der Waals surface area contributed by atoms with E-state index in [-0.39, 0.29) is 0 Å². The van der Waals surface area contributed by atoms with Gasteiger partial charge in [-0.15, -0.1) is 0 Å². The van der Waals surface area contributed by atoms with Crippen LogP contribution in [0.1, 0.15) is 187 Å². The Morgan fingerprint density at radius 1 is 0.242 bits per heavy atom. The average Bonchev–Trinajstić information content (AvgIpc) is 2.83. The van der Waals surface area contributed by atoms with E-state index in [4.69, 9.17) is 0 Å². The summed E-state index contributed by atoms with van der Waals surface area (Å²) >= 11 is 0. The number of rotatable bonds is 28. The molecular formula is C33H64. The predicted molar refractivity (Wildman–Crippen MR) is 154 cm³/mol. The van der Waals surface area contributed by atoms with Crippen molar-refractivity contribution < 1.29 is 0 Å². The first-order chi connectivity index (χ1) is 16.4. The van der Waals surface area contributed by atoms with Gasteiger partial charge in [-0.1, -0.05) is 167 Å². The third kappa shape index (κ3) is 31.5. The van der Waals surface area contributed by atoms with Crippen molar-refractivity contribution in [1.29, 1.82) is 0 Å². The van der Waals surface area contributed by atoms with Crippen LogP contribution in [0.25, 0.3) is 0 Å². The molecule has 0 saturated carbocycles. The van der Waals surface area contributed by atoms with Gasteiger partial charge in [0, 0.05) is 0 Å². The van der Waals surface area contributed by atoms with E-state index in [9.17, 15) is 0 Å². The monoisotopic (exact) mass is 461 g/mol. The van der Waals surface area contributed by atoms with Crippen LogP contribution in [-0.2, 0) is 0 Å². The minimum Gasteiger partial charge on any atom is -0.0885 e. The lowest BCUT2D eigenvalue weighted by Crippen LogP contribution is -1.84. The molecule has 0 radical (unpaired) electrons. The molecule has 196 valence electrons. The molecule has 0 saturated heterocycles. The lowest BCUT2D eigenvalue weighted by atomic mass is 10.0. The second-order valence-electron chi connectivity index (χ2n) is 10.5. The molecule has 0 amide bonds. The third-order valence-corrected chi connectivity index (χ3v) is 7.02. The van der Waals surface area contributed by atoms with Crippen LogP contribution in [-0.4, -0.2) is 0 Å². The largest absolute Gasteiger partial charge is 0.0885 e. The molecule has 0 aliphatic rings. The van der Waals surface area contributed by atoms with Gasteiger partial charge < -0.3 is 0 Å². The van der Waals surface area contributed by atoms with Gasteiger partial charge in [-0.2, -0.15) is 0 Å². The number of unbranched alkanes of at least 4 members (excludes halogenated alkanes) is 24. The van der Waals surface area contributed by atoms with Crippen molar-refractivity contribution in [1.82, 2.24) is 0 Å². The van der Waals surface area contributed by atoms with Gasteiger partial charge in [0.15, 0.2) is 0 Å². The summed E-state index contributed by atoms with van der Waals surface area (Å²) < 4.78 is 0. The van der Waals surface area contributed by atoms with Crippen LogP contribution in [0.4, 0.5) is 0 Å². The van der Waals surface area contributed by atoms with Crippen molar-refractivity contribution in [3.63, 3.8) is 0 Å². The summed E-state index contributed by atoms with van der Waals surface area (Å²) in [5, 5.41) is 0. The summed E-state index contributed by atoms with van der Waals surface area (Å²) in [5.74, 6) is 0. The SMILES string of the molecule is CCCC/C=C\CCCCCCCCCCCCCCCCCCCC/C=C\CCCCC. The second kappa shape index (κ2) is 31.5. The van der Waals surface area contributed by atoms with Crippen molar-refractivity contribution >= 4 is 0 Å². The smallest absolute Gasteiger partial charge is 0.0351 e. The van der Waals surface area contributed by atoms with Gasteiger partial charge in [-0.25, -0.2) is 0 Å². The lowest BCUT2D eigenvalue weighted by molar-refractivity contribution is 0.524. The van der Waals surface area contributed by atoms with Crippen LogP contribution >= 0.6 is 0 Å². The van der Waals surface area contributed by atoms with E-state index in [2.05, 4.69) is 38.2 Å². The maximum atomic E-state index is 2.42. The Hall–Kier alpha value is -0.520. The number of hydrogen-bond acceptors (Lipinski definition) is 0. The molecule has 0 atom stereocenters. The highest BCUT2D eigenvalue weighted by Gasteiger charge is 1.95. The zero-order valence-corrected chi connectivity index (χ0v) is 23.4. The molecule has 0 heteroatoms. The van der Waals surface area contributed by atoms with Gasteiger partial charge >= 0.3 is 0 Å². The molecule has 0 aliphatic carbocycles. The molecule has 0 aromatic heterocycles. The number of allylic oxidation sites excluding steroid dienone is 4. The quantitative estimate of drug-likeness (QED) is 0.0804. The van der Waals surface area contributed by atoms with Gasteiger partial charge in [0.25, 0.3) is 0 Å². The standard InChI is InChI=1S/C33H64/c1-3-5-7-9-11-13-15-17-19-21-23-25-27-29-31-33-32-30-28-26-24-22-20-18-16-14-12-10-8-6-4-2/h9,11-12,14H,3-8,10,13,15-33H2,1-2H3/b11-9-,14-12-. The Labute approximate surface area is 211 Å². The molecule has 0 bridgehead atoms. The van der Waals surface area contributed by atoms with E-state index in [1.807, 2.05) is 0 Å². The molecule has 33 heavy (non-hydrogen) atoms. The first-order valence-electron chi connectivity index (χ1n) is 15.7. The van der Waals surface area contributed by atoms with Crippen molar-refractivity contribution in [3.8, 4) is 0 Å². The number of hydrogen-bond donors (Lipinski definition) is 0. The minimum absolute atomic E-state index is 1.29. The maximum Gasteiger partial charge on any atom is -0.0351 e. The summed E-state index contributed by atoms with van der Waals surface area (Å²) in [5.41, 5.74) is 0. The zero-order chi connectivity index (χ0) is 23.9. The highest BCUT2D eigenvalue weighted by Crippen LogP contribution is 2.15. The minimum atomic E-state index is 1.29. The second-order valence-corrected chi connectivity index (χ2v) is 10.5. The zero-order valence-electron chi connectivity index (χ0n) is 23.4. The maximum absolute atomic E-state index is 2.42. The fourth-order valence-corrected chi connectivity index (χ4v) is 4.66. The Morgan fingerprint density at radius 3 is 0.727 bits per heavy atom. The van der Waals surface area contributed by atoms with Gasteiger partial charge in [-0.3, -0.25) is 0 Å². The summed E-state index contributed by atoms with van der Waals surface area (Å²) in [4.78, 5) is 0. The van der Waals surface area contributed by atoms with E-state index in [1.54, 1.807) is 0 Å². The van der Waals surface area contributed by atoms with Gasteiger partial charge in [-0.05, 0) is 44.9 Å². The fourth-order valence-electron chi connectivity index (χ4n) is 4.66. The summed E-state index contributed by atoms with van der Waals surface area (Å²) in [6.45, 7) is 4.55. The van der Waals surface area contributed by atoms with E-state index < -0.39 is 0 Å². The van der Waals surface area contributed by atoms with Crippen LogP contribution in [0.5, 0.6) is 0 Å². The Balaban J connectivity index is 3.06. The van der Waals surface area contributed by atoms with Gasteiger partial charge in [0.05, 0.1) is 0 Å². The first-order valence-corrected chi connectivity index (χ1v) is 15.7. The molecule has 0 aliphatic heterocycles. The Bertz CT molecular complexity index is 377. The lowest BCUT2D eigenvalue weighted by Gasteiger charge is -2.04. The van der Waals surface area contributed by atoms with Crippen LogP contribution < -0.4 is 0 Å². The Kier molecular flexibility index (Phi) is 31.0. The average molecular weight is 461 g/mol. The van der Waals surface area contributed by atoms with E-state index in [1.165, 1.54) is 173 Å². The van der Waals surface area contributed by atoms with Gasteiger partial charge in [0.2, 0.25) is 0 Å². The molecular weight excluding hydrogens is 396 g/mol. The van der Waals surface area contributed by atoms with Crippen LogP contribution in [0.3, 0.4) is 0 Å². The summed E-state index contributed by atoms with van der Waals surface area (Å²) in [6.07, 6.45) is 47.9. The van der Waals surface area contributed by atoms with E-state index >= 15 is 0 Å². The van der Waals surface area contributed by atoms with Crippen molar-refractivity contribution in [2.75, 3.05) is 0 Å². The topological polar surface area (TPSA) is 0 Å². The summed E-state index contributed by atoms with van der Waals surface area (Å²) in [7, 11) is 0. The first kappa shape index (κ1) is 32.5. The Morgan fingerprint density at radius 2 is 0.455 bits per heavy atom. The van der Waals surface area contributed by atoms with E-state index in [0.29, 0.717) is 0 Å². The molecule has 0 unspecified atom stereocenters. The molecule has 0 aromatic rings. The predicted octanol–water partition coefficient (Wildman–Crippen LogP) is 12.7. The van der Waals surface area contributed by atoms with Crippen molar-refractivity contribution in [3.05, 3.63) is 24.3 Å². The van der Waals surface area contributed by atoms with Gasteiger partial charge in [0.1, 0.15) is 0 Å². The molecule has 0 rings (SSSR count). The molecule has 0 nitrogen and oxygen atoms in total.